The number of ether oxygens (including phenoxy) is 1. The lowest BCUT2D eigenvalue weighted by Gasteiger charge is -2.19. The maximum atomic E-state index is 12.6. The fraction of sp³-hybridized carbons (Fsp3) is 0.571. The van der Waals surface area contributed by atoms with E-state index >= 15 is 0 Å². The van der Waals surface area contributed by atoms with Crippen LogP contribution in [0.1, 0.15) is 30.9 Å². The molecule has 5 heteroatoms. The first kappa shape index (κ1) is 14.3. The lowest BCUT2D eigenvalue weighted by atomic mass is 10.1. The highest BCUT2D eigenvalue weighted by Crippen LogP contribution is 2.31. The molecule has 0 atom stereocenters. The quantitative estimate of drug-likeness (QED) is 0.853. The van der Waals surface area contributed by atoms with E-state index < -0.39 is 10.0 Å². The van der Waals surface area contributed by atoms with Crippen molar-refractivity contribution < 1.29 is 13.2 Å². The molecule has 2 rings (SSSR count). The van der Waals surface area contributed by atoms with Crippen LogP contribution in [0.3, 0.4) is 0 Å². The van der Waals surface area contributed by atoms with E-state index in [1.165, 1.54) is 0 Å². The largest absolute Gasteiger partial charge is 0.492 e. The van der Waals surface area contributed by atoms with Crippen molar-refractivity contribution in [3.05, 3.63) is 23.3 Å². The van der Waals surface area contributed by atoms with E-state index in [1.54, 1.807) is 10.4 Å². The Balaban J connectivity index is 2.50. The van der Waals surface area contributed by atoms with Crippen LogP contribution < -0.4 is 4.74 Å². The first-order valence-corrected chi connectivity index (χ1v) is 8.15. The summed E-state index contributed by atoms with van der Waals surface area (Å²) < 4.78 is 32.3. The van der Waals surface area contributed by atoms with Crippen LogP contribution in [0.4, 0.5) is 0 Å². The summed E-state index contributed by atoms with van der Waals surface area (Å²) in [5.41, 5.74) is 2.02. The zero-order valence-corrected chi connectivity index (χ0v) is 12.6. The molecule has 0 aliphatic carbocycles. The lowest BCUT2D eigenvalue weighted by molar-refractivity contribution is 0.329. The van der Waals surface area contributed by atoms with E-state index in [4.69, 9.17) is 4.74 Å². The van der Waals surface area contributed by atoms with Crippen LogP contribution in [-0.2, 0) is 10.0 Å². The van der Waals surface area contributed by atoms with Gasteiger partial charge in [0.1, 0.15) is 10.6 Å². The summed E-state index contributed by atoms with van der Waals surface area (Å²) in [7, 11) is -3.42. The molecule has 0 spiro atoms. The van der Waals surface area contributed by atoms with E-state index in [1.807, 2.05) is 26.8 Å². The van der Waals surface area contributed by atoms with Gasteiger partial charge in [0.15, 0.2) is 0 Å². The third kappa shape index (κ3) is 2.77. The van der Waals surface area contributed by atoms with Crippen LogP contribution in [0.5, 0.6) is 5.75 Å². The highest BCUT2D eigenvalue weighted by atomic mass is 32.2. The van der Waals surface area contributed by atoms with Gasteiger partial charge in [0.05, 0.1) is 6.61 Å². The second kappa shape index (κ2) is 5.51. The molecule has 1 aliphatic heterocycles. The maximum absolute atomic E-state index is 12.6. The Hall–Kier alpha value is -1.07. The van der Waals surface area contributed by atoms with E-state index in [2.05, 4.69) is 0 Å². The second-order valence-electron chi connectivity index (χ2n) is 4.93. The van der Waals surface area contributed by atoms with Gasteiger partial charge in [-0.3, -0.25) is 0 Å². The van der Waals surface area contributed by atoms with Crippen molar-refractivity contribution in [2.75, 3.05) is 19.7 Å². The molecule has 1 aliphatic rings. The molecular weight excluding hydrogens is 262 g/mol. The van der Waals surface area contributed by atoms with Crippen molar-refractivity contribution in [2.24, 2.45) is 0 Å². The summed E-state index contributed by atoms with van der Waals surface area (Å²) in [6.45, 7) is 7.44. The average molecular weight is 283 g/mol. The number of nitrogens with zero attached hydrogens (tertiary/aromatic N) is 1. The van der Waals surface area contributed by atoms with Crippen LogP contribution in [0.2, 0.25) is 0 Å². The number of aryl methyl sites for hydroxylation is 2. The van der Waals surface area contributed by atoms with Crippen LogP contribution in [0.15, 0.2) is 17.0 Å². The molecule has 0 amide bonds. The number of hydrogen-bond donors (Lipinski definition) is 0. The molecule has 0 radical (unpaired) electrons. The maximum Gasteiger partial charge on any atom is 0.246 e. The Labute approximate surface area is 115 Å². The van der Waals surface area contributed by atoms with Gasteiger partial charge in [-0.2, -0.15) is 4.31 Å². The van der Waals surface area contributed by atoms with Crippen LogP contribution in [-0.4, -0.2) is 32.4 Å². The molecule has 106 valence electrons. The van der Waals surface area contributed by atoms with Gasteiger partial charge in [-0.15, -0.1) is 0 Å². The SMILES string of the molecule is CCOc1cc(C)c(C)cc1S(=O)(=O)N1CCCC1. The summed E-state index contributed by atoms with van der Waals surface area (Å²) in [4.78, 5) is 0.305. The zero-order valence-electron chi connectivity index (χ0n) is 11.8. The predicted octanol–water partition coefficient (Wildman–Crippen LogP) is 2.49. The van der Waals surface area contributed by atoms with E-state index in [0.717, 1.165) is 24.0 Å². The van der Waals surface area contributed by atoms with Gasteiger partial charge < -0.3 is 4.74 Å². The van der Waals surface area contributed by atoms with Gasteiger partial charge in [0.2, 0.25) is 10.0 Å². The Kier molecular flexibility index (Phi) is 4.16. The van der Waals surface area contributed by atoms with E-state index in [9.17, 15) is 8.42 Å². The predicted molar refractivity (Wildman–Crippen MR) is 75.1 cm³/mol. The number of benzene rings is 1. The van der Waals surface area contributed by atoms with E-state index in [0.29, 0.717) is 30.3 Å². The molecule has 1 heterocycles. The van der Waals surface area contributed by atoms with Crippen molar-refractivity contribution in [2.45, 2.75) is 38.5 Å². The summed E-state index contributed by atoms with van der Waals surface area (Å²) in [5, 5.41) is 0. The Morgan fingerprint density at radius 2 is 1.74 bits per heavy atom. The van der Waals surface area contributed by atoms with Gasteiger partial charge in [-0.1, -0.05) is 0 Å². The third-order valence-electron chi connectivity index (χ3n) is 3.54. The van der Waals surface area contributed by atoms with Crippen molar-refractivity contribution in [3.8, 4) is 5.75 Å². The van der Waals surface area contributed by atoms with E-state index in [-0.39, 0.29) is 0 Å². The molecule has 0 unspecified atom stereocenters. The standard InChI is InChI=1S/C14H21NO3S/c1-4-18-13-9-11(2)12(3)10-14(13)19(16,17)15-7-5-6-8-15/h9-10H,4-8H2,1-3H3. The van der Waals surface area contributed by atoms with Crippen molar-refractivity contribution >= 4 is 10.0 Å². The Morgan fingerprint density at radius 1 is 1.16 bits per heavy atom. The minimum Gasteiger partial charge on any atom is -0.492 e. The zero-order chi connectivity index (χ0) is 14.0. The fourth-order valence-corrected chi connectivity index (χ4v) is 4.02. The van der Waals surface area contributed by atoms with Crippen molar-refractivity contribution in [1.29, 1.82) is 0 Å². The van der Waals surface area contributed by atoms with Crippen LogP contribution in [0.25, 0.3) is 0 Å². The molecule has 1 fully saturated rings. The molecule has 19 heavy (non-hydrogen) atoms. The van der Waals surface area contributed by atoms with Gasteiger partial charge >= 0.3 is 0 Å². The third-order valence-corrected chi connectivity index (χ3v) is 5.46. The summed E-state index contributed by atoms with van der Waals surface area (Å²) in [6, 6.07) is 3.55. The number of sulfonamides is 1. The molecule has 0 saturated carbocycles. The smallest absolute Gasteiger partial charge is 0.246 e. The molecule has 1 aromatic rings. The fourth-order valence-electron chi connectivity index (χ4n) is 2.30. The normalized spacial score (nSPS) is 16.8. The number of hydrogen-bond acceptors (Lipinski definition) is 3. The first-order chi connectivity index (χ1) is 8.96. The minimum absolute atomic E-state index is 0.305. The van der Waals surface area contributed by atoms with Crippen LogP contribution >= 0.6 is 0 Å². The van der Waals surface area contributed by atoms with Crippen molar-refractivity contribution in [3.63, 3.8) is 0 Å². The second-order valence-corrected chi connectivity index (χ2v) is 6.83. The number of rotatable bonds is 4. The molecule has 4 nitrogen and oxygen atoms in total. The molecule has 0 N–H and O–H groups in total. The van der Waals surface area contributed by atoms with Gasteiger partial charge in [-0.05, 0) is 56.9 Å². The molecule has 0 bridgehead atoms. The molecular formula is C14H21NO3S. The Morgan fingerprint density at radius 3 is 2.32 bits per heavy atom. The van der Waals surface area contributed by atoms with Crippen molar-refractivity contribution in [1.82, 2.24) is 4.31 Å². The molecule has 1 aromatic carbocycles. The highest BCUT2D eigenvalue weighted by molar-refractivity contribution is 7.89. The highest BCUT2D eigenvalue weighted by Gasteiger charge is 2.30. The van der Waals surface area contributed by atoms with Gasteiger partial charge in [-0.25, -0.2) is 8.42 Å². The monoisotopic (exact) mass is 283 g/mol. The Bertz CT molecular complexity index is 560. The molecule has 1 saturated heterocycles. The summed E-state index contributed by atoms with van der Waals surface area (Å²) >= 11 is 0. The topological polar surface area (TPSA) is 46.6 Å². The lowest BCUT2D eigenvalue weighted by Crippen LogP contribution is -2.28. The first-order valence-electron chi connectivity index (χ1n) is 6.71. The minimum atomic E-state index is -3.42. The summed E-state index contributed by atoms with van der Waals surface area (Å²) in [5.74, 6) is 0.470. The average Bonchev–Trinajstić information content (AvgIpc) is 2.88. The van der Waals surface area contributed by atoms with Crippen LogP contribution in [0, 0.1) is 13.8 Å². The summed E-state index contributed by atoms with van der Waals surface area (Å²) in [6.07, 6.45) is 1.88. The van der Waals surface area contributed by atoms with Gasteiger partial charge in [0.25, 0.3) is 0 Å². The molecule has 0 aromatic heterocycles. The van der Waals surface area contributed by atoms with Gasteiger partial charge in [0, 0.05) is 13.1 Å².